The van der Waals surface area contributed by atoms with Gasteiger partial charge in [0.25, 0.3) is 0 Å². The molecule has 0 unspecified atom stereocenters. The number of rotatable bonds is 8. The van der Waals surface area contributed by atoms with Crippen LogP contribution in [0, 0.1) is 5.92 Å². The van der Waals surface area contributed by atoms with E-state index in [0.717, 1.165) is 11.1 Å². The molecular weight excluding hydrogens is 518 g/mol. The molecule has 10 heteroatoms. The molecule has 1 fully saturated rings. The molecule has 0 aliphatic carbocycles. The molecule has 0 bridgehead atoms. The molecule has 0 radical (unpaired) electrons. The van der Waals surface area contributed by atoms with Gasteiger partial charge in [-0.3, -0.25) is 9.69 Å². The lowest BCUT2D eigenvalue weighted by molar-refractivity contribution is -0.133. The summed E-state index contributed by atoms with van der Waals surface area (Å²) >= 11 is 0. The zero-order valence-electron chi connectivity index (χ0n) is 22.9. The standard InChI is InChI=1S/C29H39N3O6S/c1-22-18-32(23(2)21-33)39(35,36)28-12-11-25(10-9-24-7-5-4-6-8-24)17-26(28)38-27(22)19-30(3)29(34)20-31-13-15-37-16-14-31/h4-12,17,22-23,27,33H,13-16,18-21H2,1-3H3/t22-,23-,27-/m1/s1. The number of morpholine rings is 1. The largest absolute Gasteiger partial charge is 0.487 e. The van der Waals surface area contributed by atoms with Gasteiger partial charge in [-0.2, -0.15) is 4.31 Å². The molecule has 1 N–H and O–H groups in total. The van der Waals surface area contributed by atoms with Crippen molar-refractivity contribution in [3.63, 3.8) is 0 Å². The second kappa shape index (κ2) is 13.1. The van der Waals surface area contributed by atoms with E-state index in [2.05, 4.69) is 4.90 Å². The zero-order chi connectivity index (χ0) is 28.0. The van der Waals surface area contributed by atoms with Crippen molar-refractivity contribution in [3.8, 4) is 5.75 Å². The van der Waals surface area contributed by atoms with Gasteiger partial charge in [-0.25, -0.2) is 8.42 Å². The number of ether oxygens (including phenoxy) is 2. The third-order valence-electron chi connectivity index (χ3n) is 7.30. The molecule has 0 saturated carbocycles. The van der Waals surface area contributed by atoms with Crippen LogP contribution in [0.5, 0.6) is 5.75 Å². The molecule has 1 saturated heterocycles. The number of sulfonamides is 1. The Bertz CT molecular complexity index is 1250. The molecule has 212 valence electrons. The maximum atomic E-state index is 13.7. The smallest absolute Gasteiger partial charge is 0.247 e. The third-order valence-corrected chi connectivity index (χ3v) is 9.32. The molecule has 2 aliphatic rings. The third kappa shape index (κ3) is 7.26. The van der Waals surface area contributed by atoms with Gasteiger partial charge < -0.3 is 19.5 Å². The average molecular weight is 558 g/mol. The Morgan fingerprint density at radius 3 is 2.51 bits per heavy atom. The summed E-state index contributed by atoms with van der Waals surface area (Å²) in [7, 11) is -2.18. The van der Waals surface area contributed by atoms with Crippen LogP contribution >= 0.6 is 0 Å². The lowest BCUT2D eigenvalue weighted by Gasteiger charge is -2.38. The Morgan fingerprint density at radius 2 is 1.82 bits per heavy atom. The number of amides is 1. The summed E-state index contributed by atoms with van der Waals surface area (Å²) in [4.78, 5) is 16.8. The van der Waals surface area contributed by atoms with Gasteiger partial charge in [0.15, 0.2) is 0 Å². The van der Waals surface area contributed by atoms with E-state index in [0.29, 0.717) is 39.4 Å². The molecule has 4 rings (SSSR count). The van der Waals surface area contributed by atoms with Gasteiger partial charge in [-0.1, -0.05) is 55.5 Å². The highest BCUT2D eigenvalue weighted by Gasteiger charge is 2.38. The maximum Gasteiger partial charge on any atom is 0.247 e. The monoisotopic (exact) mass is 557 g/mol. The van der Waals surface area contributed by atoms with E-state index in [9.17, 15) is 18.3 Å². The first-order valence-corrected chi connectivity index (χ1v) is 14.8. The SMILES string of the molecule is C[C@@H]1CN([C@H](C)CO)S(=O)(=O)c2ccc(C=Cc3ccccc3)cc2O[C@@H]1CN(C)C(=O)CN1CCOCC1. The minimum absolute atomic E-state index is 0.0252. The second-order valence-electron chi connectivity index (χ2n) is 10.4. The van der Waals surface area contributed by atoms with E-state index in [1.54, 1.807) is 37.1 Å². The van der Waals surface area contributed by atoms with Crippen LogP contribution in [-0.4, -0.2) is 105 Å². The summed E-state index contributed by atoms with van der Waals surface area (Å²) in [5.41, 5.74) is 1.81. The van der Waals surface area contributed by atoms with Crippen LogP contribution in [0.4, 0.5) is 0 Å². The summed E-state index contributed by atoms with van der Waals surface area (Å²) in [5.74, 6) is -0.0299. The number of hydrogen-bond acceptors (Lipinski definition) is 7. The number of likely N-dealkylation sites (N-methyl/N-ethyl adjacent to an activating group) is 1. The van der Waals surface area contributed by atoms with Crippen molar-refractivity contribution in [1.29, 1.82) is 0 Å². The number of aliphatic hydroxyl groups is 1. The van der Waals surface area contributed by atoms with Crippen molar-refractivity contribution in [2.75, 3.05) is 59.6 Å². The Kier molecular flexibility index (Phi) is 9.79. The maximum absolute atomic E-state index is 13.7. The highest BCUT2D eigenvalue weighted by Crippen LogP contribution is 2.34. The van der Waals surface area contributed by atoms with Crippen LogP contribution < -0.4 is 4.74 Å². The molecule has 0 spiro atoms. The molecule has 2 aromatic carbocycles. The number of carbonyl (C=O) groups is 1. The normalized spacial score (nSPS) is 22.9. The minimum atomic E-state index is -3.93. The van der Waals surface area contributed by atoms with Crippen LogP contribution in [0.2, 0.25) is 0 Å². The molecule has 1 amide bonds. The van der Waals surface area contributed by atoms with Crippen LogP contribution in [0.3, 0.4) is 0 Å². The highest BCUT2D eigenvalue weighted by atomic mass is 32.2. The highest BCUT2D eigenvalue weighted by molar-refractivity contribution is 7.89. The summed E-state index contributed by atoms with van der Waals surface area (Å²) in [6, 6.07) is 14.3. The molecule has 0 aromatic heterocycles. The van der Waals surface area contributed by atoms with Gasteiger partial charge in [-0.05, 0) is 30.2 Å². The van der Waals surface area contributed by atoms with Gasteiger partial charge in [0.2, 0.25) is 15.9 Å². The van der Waals surface area contributed by atoms with Crippen molar-refractivity contribution < 1.29 is 27.8 Å². The fraction of sp³-hybridized carbons (Fsp3) is 0.483. The Balaban J connectivity index is 1.62. The first-order valence-electron chi connectivity index (χ1n) is 13.4. The summed E-state index contributed by atoms with van der Waals surface area (Å²) < 4.78 is 40.6. The van der Waals surface area contributed by atoms with Crippen LogP contribution in [0.25, 0.3) is 12.2 Å². The predicted octanol–water partition coefficient (Wildman–Crippen LogP) is 2.42. The van der Waals surface area contributed by atoms with Gasteiger partial charge >= 0.3 is 0 Å². The van der Waals surface area contributed by atoms with Crippen LogP contribution in [0.15, 0.2) is 53.4 Å². The van der Waals surface area contributed by atoms with E-state index >= 15 is 0 Å². The fourth-order valence-corrected chi connectivity index (χ4v) is 6.59. The van der Waals surface area contributed by atoms with Crippen molar-refractivity contribution in [1.82, 2.24) is 14.1 Å². The van der Waals surface area contributed by atoms with Gasteiger partial charge in [-0.15, -0.1) is 0 Å². The van der Waals surface area contributed by atoms with Crippen molar-refractivity contribution in [2.45, 2.75) is 30.9 Å². The number of nitrogens with zero attached hydrogens (tertiary/aromatic N) is 3. The first-order chi connectivity index (χ1) is 18.7. The average Bonchev–Trinajstić information content (AvgIpc) is 2.94. The molecule has 2 aliphatic heterocycles. The molecular formula is C29H39N3O6S. The number of aliphatic hydroxyl groups excluding tert-OH is 1. The molecule has 3 atom stereocenters. The number of benzene rings is 2. The van der Waals surface area contributed by atoms with Gasteiger partial charge in [0, 0.05) is 38.6 Å². The van der Waals surface area contributed by atoms with Gasteiger partial charge in [0.05, 0.1) is 32.9 Å². The molecule has 2 aromatic rings. The Morgan fingerprint density at radius 1 is 1.13 bits per heavy atom. The predicted molar refractivity (Wildman–Crippen MR) is 151 cm³/mol. The van der Waals surface area contributed by atoms with Crippen LogP contribution in [-0.2, 0) is 19.6 Å². The zero-order valence-corrected chi connectivity index (χ0v) is 23.7. The molecule has 9 nitrogen and oxygen atoms in total. The molecule has 2 heterocycles. The van der Waals surface area contributed by atoms with Crippen molar-refractivity contribution >= 4 is 28.1 Å². The van der Waals surface area contributed by atoms with Crippen LogP contribution in [0.1, 0.15) is 25.0 Å². The van der Waals surface area contributed by atoms with E-state index in [4.69, 9.17) is 9.47 Å². The Hall–Kier alpha value is -2.76. The summed E-state index contributed by atoms with van der Waals surface area (Å²) in [6.07, 6.45) is 3.41. The summed E-state index contributed by atoms with van der Waals surface area (Å²) in [5, 5.41) is 9.86. The number of carbonyl (C=O) groups excluding carboxylic acids is 1. The quantitative estimate of drug-likeness (QED) is 0.498. The number of fused-ring (bicyclic) bond motifs is 1. The van der Waals surface area contributed by atoms with Gasteiger partial charge in [0.1, 0.15) is 16.7 Å². The van der Waals surface area contributed by atoms with Crippen molar-refractivity contribution in [2.24, 2.45) is 5.92 Å². The first kappa shape index (κ1) is 29.2. The fourth-order valence-electron chi connectivity index (χ4n) is 4.76. The van der Waals surface area contributed by atoms with E-state index in [1.165, 1.54) is 4.31 Å². The van der Waals surface area contributed by atoms with E-state index < -0.39 is 22.2 Å². The lowest BCUT2D eigenvalue weighted by atomic mass is 10.0. The van der Waals surface area contributed by atoms with E-state index in [-0.39, 0.29) is 35.6 Å². The lowest BCUT2D eigenvalue weighted by Crippen LogP contribution is -2.51. The summed E-state index contributed by atoms with van der Waals surface area (Å²) in [6.45, 7) is 6.73. The second-order valence-corrected chi connectivity index (χ2v) is 12.2. The minimum Gasteiger partial charge on any atom is -0.487 e. The van der Waals surface area contributed by atoms with Crippen molar-refractivity contribution in [3.05, 3.63) is 59.7 Å². The van der Waals surface area contributed by atoms with E-state index in [1.807, 2.05) is 49.4 Å². The Labute approximate surface area is 231 Å². The number of hydrogen-bond donors (Lipinski definition) is 1. The topological polar surface area (TPSA) is 99.6 Å². The molecule has 39 heavy (non-hydrogen) atoms.